The molecule has 1 aromatic heterocycles. The van der Waals surface area contributed by atoms with Crippen molar-refractivity contribution in [1.29, 1.82) is 0 Å². The fourth-order valence-electron chi connectivity index (χ4n) is 1.67. The van der Waals surface area contributed by atoms with E-state index in [9.17, 15) is 4.79 Å². The number of benzene rings is 1. The topological polar surface area (TPSA) is 34.9 Å². The van der Waals surface area contributed by atoms with Crippen LogP contribution in [0.4, 0.5) is 0 Å². The van der Waals surface area contributed by atoms with E-state index in [0.717, 1.165) is 17.0 Å². The van der Waals surface area contributed by atoms with Crippen LogP contribution in [0.1, 0.15) is 10.5 Å². The maximum atomic E-state index is 11.2. The van der Waals surface area contributed by atoms with E-state index in [0.29, 0.717) is 11.4 Å². The highest BCUT2D eigenvalue weighted by Crippen LogP contribution is 2.26. The molecule has 1 aromatic carbocycles. The molecule has 0 aliphatic rings. The second-order valence-electron chi connectivity index (χ2n) is 3.37. The van der Waals surface area contributed by atoms with Crippen LogP contribution < -0.4 is 0 Å². The molecule has 2 aromatic rings. The minimum absolute atomic E-state index is 0.538. The smallest absolute Gasteiger partial charge is 0.173 e. The lowest BCUT2D eigenvalue weighted by Gasteiger charge is -2.00. The van der Waals surface area contributed by atoms with Gasteiger partial charge in [-0.2, -0.15) is 0 Å². The maximum Gasteiger partial charge on any atom is 0.173 e. The van der Waals surface area contributed by atoms with E-state index in [2.05, 4.69) is 11.6 Å². The first-order chi connectivity index (χ1) is 8.31. The van der Waals surface area contributed by atoms with E-state index < -0.39 is 0 Å². The summed E-state index contributed by atoms with van der Waals surface area (Å²) >= 11 is 1.49. The van der Waals surface area contributed by atoms with Crippen LogP contribution in [-0.2, 0) is 0 Å². The highest BCUT2D eigenvalue weighted by molar-refractivity contribution is 7.98. The molecule has 17 heavy (non-hydrogen) atoms. The van der Waals surface area contributed by atoms with Gasteiger partial charge < -0.3 is 0 Å². The number of carbonyl (C=O) groups excluding carboxylic acids is 1. The van der Waals surface area contributed by atoms with Gasteiger partial charge in [-0.15, -0.1) is 0 Å². The number of hydrogen-bond donors (Lipinski definition) is 0. The number of nitrogens with zero attached hydrogens (tertiary/aromatic N) is 2. The normalized spacial score (nSPS) is 10.2. The Balaban J connectivity index is 2.66. The van der Waals surface area contributed by atoms with Crippen molar-refractivity contribution in [2.24, 2.45) is 0 Å². The first kappa shape index (κ1) is 11.7. The van der Waals surface area contributed by atoms with Crippen LogP contribution in [0.3, 0.4) is 0 Å². The Hall–Kier alpha value is -1.81. The number of imidazole rings is 1. The largest absolute Gasteiger partial charge is 0.296 e. The molecule has 0 radical (unpaired) electrons. The molecular weight excluding hydrogens is 232 g/mol. The Labute approximate surface area is 104 Å². The quantitative estimate of drug-likeness (QED) is 0.612. The summed E-state index contributed by atoms with van der Waals surface area (Å²) < 4.78 is 1.71. The lowest BCUT2D eigenvalue weighted by atomic mass is 10.1. The van der Waals surface area contributed by atoms with E-state index in [1.807, 2.05) is 36.6 Å². The van der Waals surface area contributed by atoms with Crippen molar-refractivity contribution < 1.29 is 4.79 Å². The van der Waals surface area contributed by atoms with Crippen LogP contribution in [0.15, 0.2) is 42.1 Å². The minimum Gasteiger partial charge on any atom is -0.296 e. The summed E-state index contributed by atoms with van der Waals surface area (Å²) in [6.07, 6.45) is 4.34. The van der Waals surface area contributed by atoms with Crippen molar-refractivity contribution in [3.8, 4) is 11.3 Å². The molecule has 0 aliphatic heterocycles. The third-order valence-electron chi connectivity index (χ3n) is 2.44. The van der Waals surface area contributed by atoms with Crippen LogP contribution >= 0.6 is 11.8 Å². The SMILES string of the molecule is C=Cn1c(SC)nc(-c2ccccc2)c1C=O. The number of carbonyl (C=O) groups is 1. The highest BCUT2D eigenvalue weighted by atomic mass is 32.2. The van der Waals surface area contributed by atoms with Gasteiger partial charge in [0.25, 0.3) is 0 Å². The van der Waals surface area contributed by atoms with Gasteiger partial charge in [-0.1, -0.05) is 48.7 Å². The zero-order chi connectivity index (χ0) is 12.3. The van der Waals surface area contributed by atoms with E-state index in [1.54, 1.807) is 10.8 Å². The minimum atomic E-state index is 0.538. The highest BCUT2D eigenvalue weighted by Gasteiger charge is 2.15. The lowest BCUT2D eigenvalue weighted by molar-refractivity contribution is 0.111. The number of hydrogen-bond acceptors (Lipinski definition) is 3. The number of thioether (sulfide) groups is 1. The van der Waals surface area contributed by atoms with Gasteiger partial charge >= 0.3 is 0 Å². The molecule has 3 nitrogen and oxygen atoms in total. The Morgan fingerprint density at radius 3 is 2.59 bits per heavy atom. The number of aromatic nitrogens is 2. The molecule has 0 spiro atoms. The Morgan fingerprint density at radius 1 is 1.35 bits per heavy atom. The number of rotatable bonds is 4. The Kier molecular flexibility index (Phi) is 3.44. The first-order valence-electron chi connectivity index (χ1n) is 5.11. The van der Waals surface area contributed by atoms with Gasteiger partial charge in [-0.25, -0.2) is 4.98 Å². The molecule has 0 unspecified atom stereocenters. The second-order valence-corrected chi connectivity index (χ2v) is 4.14. The molecule has 0 amide bonds. The molecule has 0 fully saturated rings. The number of aldehydes is 1. The summed E-state index contributed by atoms with van der Waals surface area (Å²) in [5.74, 6) is 0. The van der Waals surface area contributed by atoms with Gasteiger partial charge in [0.15, 0.2) is 11.4 Å². The summed E-state index contributed by atoms with van der Waals surface area (Å²) in [5.41, 5.74) is 2.17. The molecule has 0 atom stereocenters. The van der Waals surface area contributed by atoms with Crippen LogP contribution in [0.2, 0.25) is 0 Å². The average Bonchev–Trinajstić information content (AvgIpc) is 2.77. The third kappa shape index (κ3) is 2.03. The summed E-state index contributed by atoms with van der Waals surface area (Å²) in [7, 11) is 0. The summed E-state index contributed by atoms with van der Waals surface area (Å²) in [6.45, 7) is 3.71. The standard InChI is InChI=1S/C13H12N2OS/c1-3-15-11(9-16)12(14-13(15)17-2)10-7-5-4-6-8-10/h3-9H,1H2,2H3. The summed E-state index contributed by atoms with van der Waals surface area (Å²) in [6, 6.07) is 9.66. The second kappa shape index (κ2) is 5.01. The summed E-state index contributed by atoms with van der Waals surface area (Å²) in [5, 5.41) is 0.765. The first-order valence-corrected chi connectivity index (χ1v) is 6.33. The molecule has 1 heterocycles. The van der Waals surface area contributed by atoms with Crippen LogP contribution in [0.25, 0.3) is 17.5 Å². The monoisotopic (exact) mass is 244 g/mol. The molecule has 0 aliphatic carbocycles. The zero-order valence-electron chi connectivity index (χ0n) is 9.46. The molecule has 0 saturated carbocycles. The van der Waals surface area contributed by atoms with Gasteiger partial charge in [-0.3, -0.25) is 9.36 Å². The van der Waals surface area contributed by atoms with Gasteiger partial charge in [0.05, 0.1) is 0 Å². The van der Waals surface area contributed by atoms with Crippen molar-refractivity contribution >= 4 is 24.2 Å². The fourth-order valence-corrected chi connectivity index (χ4v) is 2.22. The van der Waals surface area contributed by atoms with Crippen LogP contribution in [-0.4, -0.2) is 22.1 Å². The van der Waals surface area contributed by atoms with E-state index in [4.69, 9.17) is 0 Å². The van der Waals surface area contributed by atoms with Gasteiger partial charge in [0.2, 0.25) is 0 Å². The molecule has 0 bridgehead atoms. The zero-order valence-corrected chi connectivity index (χ0v) is 10.3. The fraction of sp³-hybridized carbons (Fsp3) is 0.0769. The van der Waals surface area contributed by atoms with Crippen molar-refractivity contribution in [3.05, 3.63) is 42.6 Å². The van der Waals surface area contributed by atoms with Crippen molar-refractivity contribution in [2.45, 2.75) is 5.16 Å². The van der Waals surface area contributed by atoms with E-state index in [1.165, 1.54) is 11.8 Å². The van der Waals surface area contributed by atoms with Gasteiger partial charge in [0, 0.05) is 11.8 Å². The van der Waals surface area contributed by atoms with E-state index in [-0.39, 0.29) is 0 Å². The summed E-state index contributed by atoms with van der Waals surface area (Å²) in [4.78, 5) is 15.7. The van der Waals surface area contributed by atoms with Crippen LogP contribution in [0.5, 0.6) is 0 Å². The molecular formula is C13H12N2OS. The van der Waals surface area contributed by atoms with Gasteiger partial charge in [0.1, 0.15) is 11.4 Å². The van der Waals surface area contributed by atoms with Crippen molar-refractivity contribution in [2.75, 3.05) is 6.26 Å². The molecule has 0 N–H and O–H groups in total. The van der Waals surface area contributed by atoms with Crippen molar-refractivity contribution in [1.82, 2.24) is 9.55 Å². The molecule has 4 heteroatoms. The predicted molar refractivity (Wildman–Crippen MR) is 71.2 cm³/mol. The van der Waals surface area contributed by atoms with Gasteiger partial charge in [-0.05, 0) is 6.26 Å². The maximum absolute atomic E-state index is 11.2. The van der Waals surface area contributed by atoms with Crippen LogP contribution in [0, 0.1) is 0 Å². The Morgan fingerprint density at radius 2 is 2.06 bits per heavy atom. The van der Waals surface area contributed by atoms with Crippen molar-refractivity contribution in [3.63, 3.8) is 0 Å². The molecule has 86 valence electrons. The third-order valence-corrected chi connectivity index (χ3v) is 3.09. The average molecular weight is 244 g/mol. The molecule has 0 saturated heterocycles. The lowest BCUT2D eigenvalue weighted by Crippen LogP contribution is -1.95. The van der Waals surface area contributed by atoms with E-state index >= 15 is 0 Å². The molecule has 2 rings (SSSR count). The predicted octanol–water partition coefficient (Wildman–Crippen LogP) is 3.19. The Bertz CT molecular complexity index is 546.